The van der Waals surface area contributed by atoms with Gasteiger partial charge in [-0.15, -0.1) is 0 Å². The number of ketones is 1. The Kier molecular flexibility index (Phi) is 5.77. The molecule has 1 amide bonds. The minimum atomic E-state index is -0.815. The normalized spacial score (nSPS) is 17.7. The second-order valence-corrected chi connectivity index (χ2v) is 6.59. The smallest absolute Gasteiger partial charge is 0.337 e. The molecule has 1 fully saturated rings. The van der Waals surface area contributed by atoms with Crippen LogP contribution in [0.4, 0.5) is 0 Å². The Bertz CT molecular complexity index is 1040. The first-order valence-corrected chi connectivity index (χ1v) is 8.99. The third kappa shape index (κ3) is 3.47. The summed E-state index contributed by atoms with van der Waals surface area (Å²) in [5.41, 5.74) is 1.14. The Morgan fingerprint density at radius 2 is 1.53 bits per heavy atom. The van der Waals surface area contributed by atoms with Crippen molar-refractivity contribution in [3.8, 4) is 11.5 Å². The second kappa shape index (κ2) is 8.28. The molecule has 30 heavy (non-hydrogen) atoms. The van der Waals surface area contributed by atoms with Crippen LogP contribution in [0.5, 0.6) is 11.5 Å². The number of benzene rings is 2. The number of ether oxygens (including phenoxy) is 3. The molecule has 1 aliphatic heterocycles. The monoisotopic (exact) mass is 411 g/mol. The fourth-order valence-corrected chi connectivity index (χ4v) is 3.40. The number of carbonyl (C=O) groups excluding carboxylic acids is 3. The number of hydrogen-bond acceptors (Lipinski definition) is 7. The summed E-state index contributed by atoms with van der Waals surface area (Å²) in [6, 6.07) is 10.2. The highest BCUT2D eigenvalue weighted by atomic mass is 16.5. The average molecular weight is 411 g/mol. The van der Waals surface area contributed by atoms with Crippen molar-refractivity contribution in [2.45, 2.75) is 6.04 Å². The summed E-state index contributed by atoms with van der Waals surface area (Å²) in [4.78, 5) is 38.0. The molecular formula is C22H21NO7. The number of aliphatic hydroxyl groups is 1. The van der Waals surface area contributed by atoms with Gasteiger partial charge in [-0.25, -0.2) is 4.79 Å². The molecule has 1 unspecified atom stereocenters. The molecule has 8 heteroatoms. The maximum absolute atomic E-state index is 12.7. The van der Waals surface area contributed by atoms with Gasteiger partial charge < -0.3 is 24.2 Å². The molecule has 2 aromatic carbocycles. The quantitative estimate of drug-likeness (QED) is 0.349. The van der Waals surface area contributed by atoms with Crippen molar-refractivity contribution >= 4 is 23.4 Å². The van der Waals surface area contributed by atoms with Gasteiger partial charge in [-0.05, 0) is 35.9 Å². The van der Waals surface area contributed by atoms with Gasteiger partial charge in [-0.2, -0.15) is 0 Å². The predicted molar refractivity (Wildman–Crippen MR) is 107 cm³/mol. The van der Waals surface area contributed by atoms with Crippen molar-refractivity contribution in [2.75, 3.05) is 28.4 Å². The molecule has 156 valence electrons. The largest absolute Gasteiger partial charge is 0.507 e. The summed E-state index contributed by atoms with van der Waals surface area (Å²) in [7, 11) is 5.70. The van der Waals surface area contributed by atoms with E-state index in [4.69, 9.17) is 9.47 Å². The molecular weight excluding hydrogens is 390 g/mol. The van der Waals surface area contributed by atoms with Crippen LogP contribution in [0.3, 0.4) is 0 Å². The average Bonchev–Trinajstić information content (AvgIpc) is 3.01. The SMILES string of the molecule is COC(=O)c1ccc(C2/C(=C(/O)c3ccc(OC)c(OC)c3)C(=O)C(=O)N2C)cc1. The van der Waals surface area contributed by atoms with Crippen molar-refractivity contribution in [1.82, 2.24) is 4.90 Å². The van der Waals surface area contributed by atoms with Crippen molar-refractivity contribution < 1.29 is 33.7 Å². The number of amides is 1. The number of carbonyl (C=O) groups is 3. The molecule has 0 bridgehead atoms. The van der Waals surface area contributed by atoms with E-state index >= 15 is 0 Å². The van der Waals surface area contributed by atoms with Crippen LogP contribution in [-0.2, 0) is 14.3 Å². The molecule has 2 aromatic rings. The highest BCUT2D eigenvalue weighted by molar-refractivity contribution is 6.46. The number of likely N-dealkylation sites (tertiary alicyclic amines) is 1. The molecule has 0 aromatic heterocycles. The topological polar surface area (TPSA) is 102 Å². The third-order valence-electron chi connectivity index (χ3n) is 4.98. The predicted octanol–water partition coefficient (Wildman–Crippen LogP) is 2.54. The highest BCUT2D eigenvalue weighted by Gasteiger charge is 2.44. The van der Waals surface area contributed by atoms with Crippen LogP contribution in [0.25, 0.3) is 5.76 Å². The molecule has 1 N–H and O–H groups in total. The summed E-state index contributed by atoms with van der Waals surface area (Å²) in [6.45, 7) is 0. The minimum absolute atomic E-state index is 0.0551. The molecule has 0 aliphatic carbocycles. The van der Waals surface area contributed by atoms with Crippen LogP contribution in [-0.4, -0.2) is 56.0 Å². The number of rotatable bonds is 5. The Morgan fingerprint density at radius 3 is 2.10 bits per heavy atom. The summed E-state index contributed by atoms with van der Waals surface area (Å²) in [5.74, 6) is -1.55. The van der Waals surface area contributed by atoms with E-state index in [0.29, 0.717) is 28.2 Å². The van der Waals surface area contributed by atoms with Gasteiger partial charge in [0.05, 0.1) is 38.5 Å². The van der Waals surface area contributed by atoms with E-state index in [1.54, 1.807) is 24.3 Å². The zero-order valence-electron chi connectivity index (χ0n) is 17.0. The molecule has 8 nitrogen and oxygen atoms in total. The van der Waals surface area contributed by atoms with E-state index in [1.807, 2.05) is 0 Å². The Labute approximate surface area is 173 Å². The first kappa shape index (κ1) is 20.9. The molecule has 1 heterocycles. The van der Waals surface area contributed by atoms with Gasteiger partial charge in [0.15, 0.2) is 11.5 Å². The lowest BCUT2D eigenvalue weighted by molar-refractivity contribution is -0.139. The van der Waals surface area contributed by atoms with Crippen molar-refractivity contribution in [2.24, 2.45) is 0 Å². The molecule has 0 saturated carbocycles. The molecule has 1 saturated heterocycles. The summed E-state index contributed by atoms with van der Waals surface area (Å²) < 4.78 is 15.1. The highest BCUT2D eigenvalue weighted by Crippen LogP contribution is 2.39. The number of esters is 1. The van der Waals surface area contributed by atoms with Crippen LogP contribution < -0.4 is 9.47 Å². The van der Waals surface area contributed by atoms with Gasteiger partial charge in [0.2, 0.25) is 0 Å². The maximum Gasteiger partial charge on any atom is 0.337 e. The first-order valence-electron chi connectivity index (χ1n) is 8.99. The van der Waals surface area contributed by atoms with Crippen LogP contribution in [0.2, 0.25) is 0 Å². The second-order valence-electron chi connectivity index (χ2n) is 6.59. The number of aliphatic hydroxyl groups excluding tert-OH is 1. The van der Waals surface area contributed by atoms with Gasteiger partial charge in [-0.1, -0.05) is 12.1 Å². The lowest BCUT2D eigenvalue weighted by Gasteiger charge is -2.21. The number of likely N-dealkylation sites (N-methyl/N-ethyl adjacent to an activating group) is 1. The zero-order valence-corrected chi connectivity index (χ0v) is 17.0. The Hall–Kier alpha value is -3.81. The van der Waals surface area contributed by atoms with Crippen LogP contribution in [0.15, 0.2) is 48.0 Å². The standard InChI is InChI=1S/C22H21NO7/c1-23-18(12-5-7-13(8-6-12)22(27)30-4)17(20(25)21(23)26)19(24)14-9-10-15(28-2)16(11-14)29-3/h5-11,18,24H,1-4H3/b19-17-. The van der Waals surface area contributed by atoms with Gasteiger partial charge in [0.25, 0.3) is 11.7 Å². The van der Waals surface area contributed by atoms with Crippen molar-refractivity contribution in [3.63, 3.8) is 0 Å². The Morgan fingerprint density at radius 1 is 0.933 bits per heavy atom. The van der Waals surface area contributed by atoms with E-state index in [-0.39, 0.29) is 11.3 Å². The van der Waals surface area contributed by atoms with Crippen LogP contribution >= 0.6 is 0 Å². The summed E-state index contributed by atoms with van der Waals surface area (Å²) in [5, 5.41) is 10.9. The fraction of sp³-hybridized carbons (Fsp3) is 0.227. The van der Waals surface area contributed by atoms with Gasteiger partial charge in [0, 0.05) is 12.6 Å². The van der Waals surface area contributed by atoms with E-state index in [1.165, 1.54) is 51.5 Å². The lowest BCUT2D eigenvalue weighted by Crippen LogP contribution is -2.24. The Balaban J connectivity index is 2.11. The molecule has 3 rings (SSSR count). The number of nitrogens with zero attached hydrogens (tertiary/aromatic N) is 1. The van der Waals surface area contributed by atoms with Gasteiger partial charge in [-0.3, -0.25) is 9.59 Å². The van der Waals surface area contributed by atoms with E-state index in [9.17, 15) is 19.5 Å². The minimum Gasteiger partial charge on any atom is -0.507 e. The molecule has 0 spiro atoms. The van der Waals surface area contributed by atoms with Gasteiger partial charge >= 0.3 is 5.97 Å². The van der Waals surface area contributed by atoms with Crippen molar-refractivity contribution in [1.29, 1.82) is 0 Å². The van der Waals surface area contributed by atoms with Crippen molar-refractivity contribution in [3.05, 3.63) is 64.7 Å². The summed E-state index contributed by atoms with van der Waals surface area (Å²) in [6.07, 6.45) is 0. The molecule has 0 radical (unpaired) electrons. The van der Waals surface area contributed by atoms with Gasteiger partial charge in [0.1, 0.15) is 5.76 Å². The van der Waals surface area contributed by atoms with Crippen LogP contribution in [0.1, 0.15) is 27.5 Å². The number of methoxy groups -OCH3 is 3. The summed E-state index contributed by atoms with van der Waals surface area (Å²) >= 11 is 0. The van der Waals surface area contributed by atoms with E-state index < -0.39 is 23.7 Å². The lowest BCUT2D eigenvalue weighted by atomic mass is 9.94. The number of Topliss-reactive ketones (excluding diaryl/α,β-unsaturated/α-hetero) is 1. The third-order valence-corrected chi connectivity index (χ3v) is 4.98. The zero-order chi connectivity index (χ0) is 22.0. The van der Waals surface area contributed by atoms with E-state index in [0.717, 1.165) is 0 Å². The molecule has 1 aliphatic rings. The first-order chi connectivity index (χ1) is 14.3. The van der Waals surface area contributed by atoms with E-state index in [2.05, 4.69) is 4.74 Å². The molecule has 1 atom stereocenters. The maximum atomic E-state index is 12.7. The number of hydrogen-bond donors (Lipinski definition) is 1. The van der Waals surface area contributed by atoms with Crippen LogP contribution in [0, 0.1) is 0 Å². The fourth-order valence-electron chi connectivity index (χ4n) is 3.40.